The number of hydrogen-bond acceptors (Lipinski definition) is 5. The van der Waals surface area contributed by atoms with Crippen LogP contribution >= 0.6 is 0 Å². The molecule has 0 spiro atoms. The lowest BCUT2D eigenvalue weighted by Crippen LogP contribution is -2.09. The van der Waals surface area contributed by atoms with Gasteiger partial charge in [0.25, 0.3) is 0 Å². The molecule has 0 aromatic carbocycles. The van der Waals surface area contributed by atoms with Gasteiger partial charge in [0.1, 0.15) is 5.69 Å². The van der Waals surface area contributed by atoms with Crippen LogP contribution in [0, 0.1) is 0 Å². The second-order valence-corrected chi connectivity index (χ2v) is 2.39. The summed E-state index contributed by atoms with van der Waals surface area (Å²) < 4.78 is 0. The topological polar surface area (TPSA) is 92.5 Å². The van der Waals surface area contributed by atoms with Gasteiger partial charge < -0.3 is 10.4 Å². The minimum atomic E-state index is 0.523. The van der Waals surface area contributed by atoms with Crippen molar-refractivity contribution in [2.75, 3.05) is 5.43 Å². The molecule has 2 heterocycles. The monoisotopic (exact) mass is 176 g/mol. The van der Waals surface area contributed by atoms with E-state index in [9.17, 15) is 0 Å². The molecular formula is C7H8N6. The number of aromatic amines is 1. The third kappa shape index (κ3) is 1.47. The summed E-state index contributed by atoms with van der Waals surface area (Å²) in [5.41, 5.74) is 3.08. The number of imidazole rings is 1. The predicted octanol–water partition coefficient (Wildman–Crippen LogP) is 0.152. The minimum absolute atomic E-state index is 0.523. The molecule has 0 atom stereocenters. The van der Waals surface area contributed by atoms with E-state index in [1.54, 1.807) is 24.5 Å². The highest BCUT2D eigenvalue weighted by atomic mass is 15.3. The van der Waals surface area contributed by atoms with E-state index in [2.05, 4.69) is 25.6 Å². The molecule has 0 bridgehead atoms. The Morgan fingerprint density at radius 1 is 1.31 bits per heavy atom. The highest BCUT2D eigenvalue weighted by Gasteiger charge is 2.01. The van der Waals surface area contributed by atoms with E-state index in [-0.39, 0.29) is 0 Å². The summed E-state index contributed by atoms with van der Waals surface area (Å²) in [6, 6.07) is 3.51. The van der Waals surface area contributed by atoms with Crippen molar-refractivity contribution in [2.45, 2.75) is 0 Å². The zero-order valence-electron chi connectivity index (χ0n) is 6.73. The van der Waals surface area contributed by atoms with Crippen molar-refractivity contribution in [2.24, 2.45) is 5.84 Å². The van der Waals surface area contributed by atoms with Crippen molar-refractivity contribution in [3.63, 3.8) is 0 Å². The van der Waals surface area contributed by atoms with Gasteiger partial charge in [-0.25, -0.2) is 10.8 Å². The fourth-order valence-corrected chi connectivity index (χ4v) is 0.941. The quantitative estimate of drug-likeness (QED) is 0.447. The Labute approximate surface area is 74.2 Å². The van der Waals surface area contributed by atoms with Crippen molar-refractivity contribution in [3.8, 4) is 11.5 Å². The fraction of sp³-hybridized carbons (Fsp3) is 0. The molecule has 0 aliphatic heterocycles. The lowest BCUT2D eigenvalue weighted by molar-refractivity contribution is 1.01. The Morgan fingerprint density at radius 2 is 2.23 bits per heavy atom. The van der Waals surface area contributed by atoms with Crippen LogP contribution in [0.4, 0.5) is 5.82 Å². The Balaban J connectivity index is 2.33. The molecule has 6 heteroatoms. The highest BCUT2D eigenvalue weighted by Crippen LogP contribution is 2.10. The number of anilines is 1. The van der Waals surface area contributed by atoms with Crippen molar-refractivity contribution in [1.82, 2.24) is 20.2 Å². The minimum Gasteiger partial charge on any atom is -0.343 e. The van der Waals surface area contributed by atoms with Crippen molar-refractivity contribution in [1.29, 1.82) is 0 Å². The van der Waals surface area contributed by atoms with Crippen molar-refractivity contribution < 1.29 is 0 Å². The SMILES string of the molecule is NNc1ccc(-c2ncc[nH]2)nn1. The van der Waals surface area contributed by atoms with E-state index < -0.39 is 0 Å². The zero-order valence-corrected chi connectivity index (χ0v) is 6.73. The number of nitrogen functional groups attached to an aromatic ring is 1. The Bertz CT molecular complexity index is 364. The second-order valence-electron chi connectivity index (χ2n) is 2.39. The average Bonchev–Trinajstić information content (AvgIpc) is 2.71. The van der Waals surface area contributed by atoms with Crippen LogP contribution < -0.4 is 11.3 Å². The summed E-state index contributed by atoms with van der Waals surface area (Å²) in [4.78, 5) is 6.96. The standard InChI is InChI=1S/C7H8N6/c8-11-6-2-1-5(12-13-6)7-9-3-4-10-7/h1-4H,8H2,(H,9,10)(H,11,13). The van der Waals surface area contributed by atoms with Gasteiger partial charge in [0, 0.05) is 12.4 Å². The van der Waals surface area contributed by atoms with Gasteiger partial charge in [-0.1, -0.05) is 0 Å². The van der Waals surface area contributed by atoms with Crippen LogP contribution in [-0.4, -0.2) is 20.2 Å². The maximum Gasteiger partial charge on any atom is 0.162 e. The van der Waals surface area contributed by atoms with E-state index in [4.69, 9.17) is 5.84 Å². The van der Waals surface area contributed by atoms with Crippen LogP contribution in [0.3, 0.4) is 0 Å². The molecular weight excluding hydrogens is 168 g/mol. The summed E-state index contributed by atoms with van der Waals surface area (Å²) in [6.45, 7) is 0. The molecule has 6 nitrogen and oxygen atoms in total. The maximum absolute atomic E-state index is 5.14. The van der Waals surface area contributed by atoms with Gasteiger partial charge in [-0.2, -0.15) is 0 Å². The molecule has 4 N–H and O–H groups in total. The van der Waals surface area contributed by atoms with Crippen molar-refractivity contribution in [3.05, 3.63) is 24.5 Å². The number of nitrogens with one attached hydrogen (secondary N) is 2. The van der Waals surface area contributed by atoms with Gasteiger partial charge in [-0.05, 0) is 12.1 Å². The number of nitrogens with zero attached hydrogens (tertiary/aromatic N) is 3. The summed E-state index contributed by atoms with van der Waals surface area (Å²) in [7, 11) is 0. The van der Waals surface area contributed by atoms with Crippen LogP contribution in [0.15, 0.2) is 24.5 Å². The van der Waals surface area contributed by atoms with E-state index in [1.807, 2.05) is 0 Å². The zero-order chi connectivity index (χ0) is 9.10. The molecule has 0 aliphatic rings. The first kappa shape index (κ1) is 7.69. The fourth-order valence-electron chi connectivity index (χ4n) is 0.941. The Morgan fingerprint density at radius 3 is 2.77 bits per heavy atom. The number of hydrogen-bond donors (Lipinski definition) is 3. The van der Waals surface area contributed by atoms with Gasteiger partial charge in [0.05, 0.1) is 0 Å². The third-order valence-corrected chi connectivity index (χ3v) is 1.55. The molecule has 2 aromatic heterocycles. The predicted molar refractivity (Wildman–Crippen MR) is 47.4 cm³/mol. The highest BCUT2D eigenvalue weighted by molar-refractivity contribution is 5.49. The van der Waals surface area contributed by atoms with Crippen LogP contribution in [0.25, 0.3) is 11.5 Å². The first-order valence-corrected chi connectivity index (χ1v) is 3.70. The first-order chi connectivity index (χ1) is 6.40. The molecule has 13 heavy (non-hydrogen) atoms. The van der Waals surface area contributed by atoms with E-state index in [0.717, 1.165) is 0 Å². The van der Waals surface area contributed by atoms with Crippen LogP contribution in [0.1, 0.15) is 0 Å². The summed E-state index contributed by atoms with van der Waals surface area (Å²) in [6.07, 6.45) is 3.39. The van der Waals surface area contributed by atoms with E-state index >= 15 is 0 Å². The number of aromatic nitrogens is 4. The van der Waals surface area contributed by atoms with Gasteiger partial charge >= 0.3 is 0 Å². The summed E-state index contributed by atoms with van der Waals surface area (Å²) in [5.74, 6) is 6.36. The Kier molecular flexibility index (Phi) is 1.89. The first-order valence-electron chi connectivity index (χ1n) is 3.70. The van der Waals surface area contributed by atoms with Gasteiger partial charge in [0.15, 0.2) is 11.6 Å². The molecule has 0 unspecified atom stereocenters. The number of rotatable bonds is 2. The largest absolute Gasteiger partial charge is 0.343 e. The third-order valence-electron chi connectivity index (χ3n) is 1.55. The van der Waals surface area contributed by atoms with Crippen molar-refractivity contribution >= 4 is 5.82 Å². The average molecular weight is 176 g/mol. The lowest BCUT2D eigenvalue weighted by Gasteiger charge is -1.97. The molecule has 0 fully saturated rings. The molecule has 2 aromatic rings. The maximum atomic E-state index is 5.14. The molecule has 0 saturated heterocycles. The van der Waals surface area contributed by atoms with E-state index in [1.165, 1.54) is 0 Å². The molecule has 0 radical (unpaired) electrons. The second kappa shape index (κ2) is 3.20. The molecule has 0 aliphatic carbocycles. The number of H-pyrrole nitrogens is 1. The van der Waals surface area contributed by atoms with Gasteiger partial charge in [-0.15, -0.1) is 10.2 Å². The molecule has 66 valence electrons. The van der Waals surface area contributed by atoms with Crippen LogP contribution in [-0.2, 0) is 0 Å². The Hall–Kier alpha value is -1.95. The van der Waals surface area contributed by atoms with E-state index in [0.29, 0.717) is 17.3 Å². The normalized spacial score (nSPS) is 9.92. The lowest BCUT2D eigenvalue weighted by atomic mass is 10.4. The number of nitrogens with two attached hydrogens (primary N) is 1. The molecule has 0 saturated carbocycles. The van der Waals surface area contributed by atoms with Crippen LogP contribution in [0.5, 0.6) is 0 Å². The summed E-state index contributed by atoms with van der Waals surface area (Å²) >= 11 is 0. The van der Waals surface area contributed by atoms with Gasteiger partial charge in [0.2, 0.25) is 0 Å². The number of hydrazine groups is 1. The summed E-state index contributed by atoms with van der Waals surface area (Å²) in [5, 5.41) is 7.71. The van der Waals surface area contributed by atoms with Crippen LogP contribution in [0.2, 0.25) is 0 Å². The molecule has 0 amide bonds. The smallest absolute Gasteiger partial charge is 0.162 e. The van der Waals surface area contributed by atoms with Gasteiger partial charge in [-0.3, -0.25) is 0 Å². The molecule has 2 rings (SSSR count).